The molecule has 0 saturated carbocycles. The van der Waals surface area contributed by atoms with Crippen molar-refractivity contribution >= 4 is 21.6 Å². The number of carbonyl (C=O) groups is 1. The van der Waals surface area contributed by atoms with Crippen LogP contribution in [0.4, 0.5) is 5.69 Å². The summed E-state index contributed by atoms with van der Waals surface area (Å²) in [7, 11) is -3.47. The van der Waals surface area contributed by atoms with Gasteiger partial charge in [0.05, 0.1) is 16.8 Å². The number of benzene rings is 1. The molecule has 1 N–H and O–H groups in total. The number of piperidine rings is 1. The molecule has 0 bridgehead atoms. The number of carbonyl (C=O) groups excluding carboxylic acids is 1. The van der Waals surface area contributed by atoms with Gasteiger partial charge in [-0.15, -0.1) is 0 Å². The fourth-order valence-corrected chi connectivity index (χ4v) is 4.42. The van der Waals surface area contributed by atoms with Gasteiger partial charge in [-0.25, -0.2) is 13.4 Å². The van der Waals surface area contributed by atoms with Crippen molar-refractivity contribution in [3.63, 3.8) is 0 Å². The third-order valence-electron chi connectivity index (χ3n) is 4.40. The maximum absolute atomic E-state index is 12.7. The van der Waals surface area contributed by atoms with Gasteiger partial charge in [-0.3, -0.25) is 4.79 Å². The second kappa shape index (κ2) is 8.06. The number of hydrogen-bond acceptors (Lipinski definition) is 5. The fraction of sp³-hybridized carbons (Fsp3) is 0.368. The number of sulfonamides is 1. The quantitative estimate of drug-likeness (QED) is 0.849. The summed E-state index contributed by atoms with van der Waals surface area (Å²) in [4.78, 5) is 15.5. The molecule has 0 radical (unpaired) electrons. The molecule has 1 fully saturated rings. The van der Waals surface area contributed by atoms with Crippen LogP contribution in [0.5, 0.6) is 5.88 Å². The molecule has 8 heteroatoms. The highest BCUT2D eigenvalue weighted by Crippen LogP contribution is 2.23. The van der Waals surface area contributed by atoms with Crippen molar-refractivity contribution in [1.82, 2.24) is 9.29 Å². The molecule has 0 spiro atoms. The summed E-state index contributed by atoms with van der Waals surface area (Å²) in [6.45, 7) is 4.18. The van der Waals surface area contributed by atoms with E-state index >= 15 is 0 Å². The smallest absolute Gasteiger partial charge is 0.243 e. The van der Waals surface area contributed by atoms with Gasteiger partial charge in [-0.1, -0.05) is 17.7 Å². The molecule has 1 aliphatic heterocycles. The van der Waals surface area contributed by atoms with Crippen LogP contribution in [0, 0.1) is 6.92 Å². The zero-order valence-electron chi connectivity index (χ0n) is 15.4. The minimum absolute atomic E-state index is 0.0893. The van der Waals surface area contributed by atoms with E-state index in [4.69, 9.17) is 4.74 Å². The predicted molar refractivity (Wildman–Crippen MR) is 102 cm³/mol. The Kier molecular flexibility index (Phi) is 5.76. The lowest BCUT2D eigenvalue weighted by Crippen LogP contribution is -2.41. The second-order valence-electron chi connectivity index (χ2n) is 6.60. The topological polar surface area (TPSA) is 88.6 Å². The molecule has 0 aliphatic carbocycles. The predicted octanol–water partition coefficient (Wildman–Crippen LogP) is 2.58. The van der Waals surface area contributed by atoms with Crippen LogP contribution in [-0.4, -0.2) is 42.8 Å². The molecule has 144 valence electrons. The van der Waals surface area contributed by atoms with Crippen LogP contribution in [0.1, 0.15) is 25.3 Å². The Balaban J connectivity index is 1.57. The number of hydrogen-bond donors (Lipinski definition) is 1. The monoisotopic (exact) mass is 389 g/mol. The Morgan fingerprint density at radius 2 is 1.81 bits per heavy atom. The molecule has 3 rings (SSSR count). The number of amides is 1. The second-order valence-corrected chi connectivity index (χ2v) is 8.54. The van der Waals surface area contributed by atoms with Gasteiger partial charge in [0.25, 0.3) is 0 Å². The van der Waals surface area contributed by atoms with Crippen LogP contribution < -0.4 is 10.1 Å². The average Bonchev–Trinajstić information content (AvgIpc) is 2.64. The van der Waals surface area contributed by atoms with Gasteiger partial charge < -0.3 is 10.1 Å². The summed E-state index contributed by atoms with van der Waals surface area (Å²) in [5, 5.41) is 2.65. The zero-order valence-corrected chi connectivity index (χ0v) is 16.2. The maximum Gasteiger partial charge on any atom is 0.243 e. The molecular formula is C19H23N3O4S. The summed E-state index contributed by atoms with van der Waals surface area (Å²) < 4.78 is 32.8. The molecular weight excluding hydrogens is 366 g/mol. The molecule has 0 atom stereocenters. The largest absolute Gasteiger partial charge is 0.474 e. The first-order valence-electron chi connectivity index (χ1n) is 8.82. The van der Waals surface area contributed by atoms with Crippen molar-refractivity contribution in [2.45, 2.75) is 37.7 Å². The zero-order chi connectivity index (χ0) is 19.4. The van der Waals surface area contributed by atoms with E-state index in [1.54, 1.807) is 36.4 Å². The number of nitrogens with one attached hydrogen (secondary N) is 1. The van der Waals surface area contributed by atoms with Crippen LogP contribution in [0.25, 0.3) is 0 Å². The summed E-state index contributed by atoms with van der Waals surface area (Å²) in [6, 6.07) is 10.3. The van der Waals surface area contributed by atoms with Crippen molar-refractivity contribution in [2.24, 2.45) is 0 Å². The number of aromatic nitrogens is 1. The Bertz CT molecular complexity index is 888. The number of aryl methyl sites for hydroxylation is 1. The Hall–Kier alpha value is -2.45. The van der Waals surface area contributed by atoms with E-state index < -0.39 is 10.0 Å². The summed E-state index contributed by atoms with van der Waals surface area (Å²) in [6.07, 6.45) is 2.64. The summed E-state index contributed by atoms with van der Waals surface area (Å²) in [5.74, 6) is 0.302. The van der Waals surface area contributed by atoms with E-state index in [-0.39, 0.29) is 12.0 Å². The summed E-state index contributed by atoms with van der Waals surface area (Å²) >= 11 is 0. The van der Waals surface area contributed by atoms with Crippen LogP contribution in [-0.2, 0) is 14.8 Å². The highest BCUT2D eigenvalue weighted by atomic mass is 32.2. The Morgan fingerprint density at radius 3 is 2.37 bits per heavy atom. The lowest BCUT2D eigenvalue weighted by Gasteiger charge is -2.31. The van der Waals surface area contributed by atoms with Gasteiger partial charge in [0, 0.05) is 26.1 Å². The minimum atomic E-state index is -3.47. The molecule has 1 aromatic carbocycles. The number of pyridine rings is 1. The van der Waals surface area contributed by atoms with Gasteiger partial charge in [0.1, 0.15) is 6.10 Å². The van der Waals surface area contributed by atoms with Crippen LogP contribution in [0.15, 0.2) is 47.5 Å². The van der Waals surface area contributed by atoms with Gasteiger partial charge in [-0.2, -0.15) is 4.31 Å². The van der Waals surface area contributed by atoms with Crippen molar-refractivity contribution in [2.75, 3.05) is 18.4 Å². The lowest BCUT2D eigenvalue weighted by molar-refractivity contribution is -0.114. The first kappa shape index (κ1) is 19.3. The fourth-order valence-electron chi connectivity index (χ4n) is 2.95. The molecule has 2 heterocycles. The van der Waals surface area contributed by atoms with Crippen molar-refractivity contribution in [3.05, 3.63) is 48.2 Å². The van der Waals surface area contributed by atoms with E-state index in [9.17, 15) is 13.2 Å². The van der Waals surface area contributed by atoms with Crippen molar-refractivity contribution in [3.8, 4) is 5.88 Å². The number of ether oxygens (including phenoxy) is 1. The molecule has 1 aromatic heterocycles. The first-order valence-corrected chi connectivity index (χ1v) is 10.3. The van der Waals surface area contributed by atoms with Crippen molar-refractivity contribution in [1.29, 1.82) is 0 Å². The normalized spacial score (nSPS) is 16.1. The van der Waals surface area contributed by atoms with Crippen LogP contribution in [0.2, 0.25) is 0 Å². The average molecular weight is 389 g/mol. The standard InChI is InChI=1S/C19H23N3O4S/c1-14-3-6-18(7-4-14)27(24,25)22-11-9-17(10-12-22)26-19-8-5-16(13-20-19)21-15(2)23/h3-8,13,17H,9-12H2,1-2H3,(H,21,23). The summed E-state index contributed by atoms with van der Waals surface area (Å²) in [5.41, 5.74) is 1.63. The first-order chi connectivity index (χ1) is 12.8. The molecule has 1 amide bonds. The lowest BCUT2D eigenvalue weighted by atomic mass is 10.1. The highest BCUT2D eigenvalue weighted by Gasteiger charge is 2.30. The van der Waals surface area contributed by atoms with Gasteiger partial charge >= 0.3 is 0 Å². The SMILES string of the molecule is CC(=O)Nc1ccc(OC2CCN(S(=O)(=O)c3ccc(C)cc3)CC2)nc1. The van der Waals surface area contributed by atoms with Gasteiger partial charge in [-0.05, 0) is 38.0 Å². The molecule has 27 heavy (non-hydrogen) atoms. The molecule has 1 saturated heterocycles. The van der Waals surface area contributed by atoms with E-state index in [0.29, 0.717) is 42.4 Å². The Morgan fingerprint density at radius 1 is 1.15 bits per heavy atom. The van der Waals surface area contributed by atoms with Gasteiger partial charge in [0.2, 0.25) is 21.8 Å². The Labute approximate surface area is 159 Å². The van der Waals surface area contributed by atoms with Gasteiger partial charge in [0.15, 0.2) is 0 Å². The van der Waals surface area contributed by atoms with Crippen LogP contribution in [0.3, 0.4) is 0 Å². The number of nitrogens with zero attached hydrogens (tertiary/aromatic N) is 2. The van der Waals surface area contributed by atoms with E-state index in [1.807, 2.05) is 6.92 Å². The molecule has 7 nitrogen and oxygen atoms in total. The molecule has 2 aromatic rings. The van der Waals surface area contributed by atoms with E-state index in [0.717, 1.165) is 5.56 Å². The van der Waals surface area contributed by atoms with Crippen molar-refractivity contribution < 1.29 is 17.9 Å². The van der Waals surface area contributed by atoms with E-state index in [1.165, 1.54) is 17.4 Å². The van der Waals surface area contributed by atoms with Crippen LogP contribution >= 0.6 is 0 Å². The molecule has 0 unspecified atom stereocenters. The van der Waals surface area contributed by atoms with E-state index in [2.05, 4.69) is 10.3 Å². The third-order valence-corrected chi connectivity index (χ3v) is 6.32. The highest BCUT2D eigenvalue weighted by molar-refractivity contribution is 7.89. The molecule has 1 aliphatic rings. The number of anilines is 1. The maximum atomic E-state index is 12.7. The minimum Gasteiger partial charge on any atom is -0.474 e. The number of rotatable bonds is 5. The third kappa shape index (κ3) is 4.84.